The maximum atomic E-state index is 12.9. The van der Waals surface area contributed by atoms with Gasteiger partial charge in [-0.1, -0.05) is 59.4 Å². The number of ketones is 1. The van der Waals surface area contributed by atoms with Gasteiger partial charge in [-0.15, -0.1) is 5.10 Å². The molecule has 0 aliphatic rings. The molecule has 0 unspecified atom stereocenters. The van der Waals surface area contributed by atoms with Crippen LogP contribution in [0.15, 0.2) is 87.6 Å². The van der Waals surface area contributed by atoms with Crippen molar-refractivity contribution in [2.24, 2.45) is 10.2 Å². The zero-order chi connectivity index (χ0) is 19.3. The number of aryl methyl sites for hydroxylation is 1. The molecule has 0 N–H and O–H groups in total. The van der Waals surface area contributed by atoms with E-state index >= 15 is 0 Å². The number of rotatable bonds is 5. The number of nitrogens with zero attached hydrogens (tertiary/aromatic N) is 4. The maximum Gasteiger partial charge on any atom is 0.233 e. The van der Waals surface area contributed by atoms with E-state index in [0.29, 0.717) is 21.1 Å². The fourth-order valence-corrected chi connectivity index (χ4v) is 3.33. The summed E-state index contributed by atoms with van der Waals surface area (Å²) in [5.74, 6) is 0.446. The molecule has 2 heterocycles. The smallest absolute Gasteiger partial charge is 0.233 e. The lowest BCUT2D eigenvalue weighted by molar-refractivity contribution is 0.103. The molecule has 0 bridgehead atoms. The lowest BCUT2D eigenvalue weighted by Crippen LogP contribution is -2.14. The van der Waals surface area contributed by atoms with Crippen LogP contribution in [-0.4, -0.2) is 21.8 Å². The van der Waals surface area contributed by atoms with E-state index in [1.54, 1.807) is 35.2 Å². The van der Waals surface area contributed by atoms with Crippen LogP contribution in [0.5, 0.6) is 0 Å². The Morgan fingerprint density at radius 1 is 1.07 bits per heavy atom. The molecule has 0 aliphatic heterocycles. The Balaban J connectivity index is 1.75. The van der Waals surface area contributed by atoms with Gasteiger partial charge in [0.1, 0.15) is 5.76 Å². The molecule has 6 nitrogen and oxygen atoms in total. The van der Waals surface area contributed by atoms with Crippen LogP contribution in [0.3, 0.4) is 0 Å². The van der Waals surface area contributed by atoms with E-state index in [1.165, 1.54) is 17.6 Å². The van der Waals surface area contributed by atoms with Crippen molar-refractivity contribution in [1.82, 2.24) is 9.78 Å². The van der Waals surface area contributed by atoms with Crippen molar-refractivity contribution in [2.75, 3.05) is 0 Å². The number of hydrogen-bond donors (Lipinski definition) is 0. The van der Waals surface area contributed by atoms with Gasteiger partial charge in [0.15, 0.2) is 5.01 Å². The first-order valence-electron chi connectivity index (χ1n) is 8.58. The highest BCUT2D eigenvalue weighted by Crippen LogP contribution is 2.13. The standard InChI is InChI=1S/C21H16N4O2S/c1-15-9-11-16(12-10-15)19(26)20-24-25(17-6-3-2-4-7-17)21(28-20)23-22-14-18-8-5-13-27-18/h2-14H,1H3/b22-14+,23-21+. The molecule has 4 rings (SSSR count). The average molecular weight is 388 g/mol. The summed E-state index contributed by atoms with van der Waals surface area (Å²) in [6.45, 7) is 1.98. The van der Waals surface area contributed by atoms with Gasteiger partial charge in [-0.05, 0) is 31.2 Å². The zero-order valence-corrected chi connectivity index (χ0v) is 15.8. The number of furan rings is 1. The summed E-state index contributed by atoms with van der Waals surface area (Å²) in [4.78, 5) is 13.3. The minimum atomic E-state index is -0.147. The topological polar surface area (TPSA) is 72.8 Å². The SMILES string of the molecule is Cc1ccc(C(=O)c2nn(-c3ccccc3)/c(=N\N=C\c3ccco3)s2)cc1. The lowest BCUT2D eigenvalue weighted by atomic mass is 10.1. The highest BCUT2D eigenvalue weighted by atomic mass is 32.1. The summed E-state index contributed by atoms with van der Waals surface area (Å²) in [6.07, 6.45) is 3.08. The van der Waals surface area contributed by atoms with Gasteiger partial charge in [0.05, 0.1) is 18.2 Å². The van der Waals surface area contributed by atoms with E-state index < -0.39 is 0 Å². The molecule has 0 atom stereocenters. The monoisotopic (exact) mass is 388 g/mol. The van der Waals surface area contributed by atoms with Gasteiger partial charge in [-0.25, -0.2) is 4.68 Å². The van der Waals surface area contributed by atoms with Crippen molar-refractivity contribution in [3.63, 3.8) is 0 Å². The van der Waals surface area contributed by atoms with Crippen LogP contribution in [-0.2, 0) is 0 Å². The third-order valence-electron chi connectivity index (χ3n) is 3.94. The summed E-state index contributed by atoms with van der Waals surface area (Å²) < 4.78 is 6.83. The molecular weight excluding hydrogens is 372 g/mol. The molecule has 0 radical (unpaired) electrons. The van der Waals surface area contributed by atoms with Crippen molar-refractivity contribution >= 4 is 23.3 Å². The van der Waals surface area contributed by atoms with E-state index in [-0.39, 0.29) is 5.78 Å². The molecule has 28 heavy (non-hydrogen) atoms. The van der Waals surface area contributed by atoms with Crippen molar-refractivity contribution in [1.29, 1.82) is 0 Å². The number of para-hydroxylation sites is 1. The number of hydrogen-bond acceptors (Lipinski definition) is 6. The molecule has 0 fully saturated rings. The van der Waals surface area contributed by atoms with Crippen LogP contribution in [0.25, 0.3) is 5.69 Å². The second kappa shape index (κ2) is 7.98. The molecule has 4 aromatic rings. The van der Waals surface area contributed by atoms with Crippen LogP contribution in [0.4, 0.5) is 0 Å². The molecule has 2 aromatic heterocycles. The van der Waals surface area contributed by atoms with Crippen LogP contribution >= 0.6 is 11.3 Å². The summed E-state index contributed by atoms with van der Waals surface area (Å²) in [7, 11) is 0. The second-order valence-electron chi connectivity index (χ2n) is 5.99. The van der Waals surface area contributed by atoms with Crippen LogP contribution < -0.4 is 4.80 Å². The van der Waals surface area contributed by atoms with E-state index in [9.17, 15) is 4.79 Å². The van der Waals surface area contributed by atoms with Crippen LogP contribution in [0, 0.1) is 6.92 Å². The Morgan fingerprint density at radius 2 is 1.86 bits per heavy atom. The van der Waals surface area contributed by atoms with Gasteiger partial charge in [0, 0.05) is 5.56 Å². The summed E-state index contributed by atoms with van der Waals surface area (Å²) >= 11 is 1.19. The van der Waals surface area contributed by atoms with Gasteiger partial charge in [0.2, 0.25) is 10.6 Å². The Labute approximate surface area is 165 Å². The number of carbonyl (C=O) groups excluding carboxylic acids is 1. The van der Waals surface area contributed by atoms with E-state index in [4.69, 9.17) is 4.42 Å². The lowest BCUT2D eigenvalue weighted by Gasteiger charge is -2.00. The first kappa shape index (κ1) is 17.8. The predicted octanol–water partition coefficient (Wildman–Crippen LogP) is 4.00. The maximum absolute atomic E-state index is 12.9. The Bertz CT molecular complexity index is 1170. The van der Waals surface area contributed by atoms with Gasteiger partial charge >= 0.3 is 0 Å². The quantitative estimate of drug-likeness (QED) is 0.295. The molecule has 0 saturated heterocycles. The van der Waals surface area contributed by atoms with Crippen molar-refractivity contribution in [2.45, 2.75) is 6.92 Å². The van der Waals surface area contributed by atoms with Crippen molar-refractivity contribution < 1.29 is 9.21 Å². The fourth-order valence-electron chi connectivity index (χ4n) is 2.50. The Morgan fingerprint density at radius 3 is 2.57 bits per heavy atom. The molecule has 0 saturated carbocycles. The molecule has 0 aliphatic carbocycles. The van der Waals surface area contributed by atoms with Crippen LogP contribution in [0.2, 0.25) is 0 Å². The van der Waals surface area contributed by atoms with Gasteiger partial charge in [-0.2, -0.15) is 10.2 Å². The van der Waals surface area contributed by atoms with Gasteiger partial charge < -0.3 is 4.42 Å². The first-order valence-corrected chi connectivity index (χ1v) is 9.40. The number of aromatic nitrogens is 2. The van der Waals surface area contributed by atoms with E-state index in [2.05, 4.69) is 15.3 Å². The van der Waals surface area contributed by atoms with E-state index in [1.807, 2.05) is 49.4 Å². The van der Waals surface area contributed by atoms with Gasteiger partial charge in [0.25, 0.3) is 0 Å². The van der Waals surface area contributed by atoms with Crippen molar-refractivity contribution in [3.05, 3.63) is 99.7 Å². The molecule has 138 valence electrons. The minimum Gasteiger partial charge on any atom is -0.463 e. The molecule has 0 amide bonds. The highest BCUT2D eigenvalue weighted by Gasteiger charge is 2.16. The van der Waals surface area contributed by atoms with E-state index in [0.717, 1.165) is 11.3 Å². The highest BCUT2D eigenvalue weighted by molar-refractivity contribution is 7.11. The summed E-state index contributed by atoms with van der Waals surface area (Å²) in [6, 6.07) is 20.5. The third-order valence-corrected chi connectivity index (χ3v) is 4.84. The molecule has 2 aromatic carbocycles. The number of carbonyl (C=O) groups is 1. The summed E-state index contributed by atoms with van der Waals surface area (Å²) in [5.41, 5.74) is 2.48. The fraction of sp³-hybridized carbons (Fsp3) is 0.0476. The van der Waals surface area contributed by atoms with Crippen LogP contribution in [0.1, 0.15) is 26.7 Å². The molecular formula is C21H16N4O2S. The van der Waals surface area contributed by atoms with Crippen molar-refractivity contribution in [3.8, 4) is 5.69 Å². The Kier molecular flexibility index (Phi) is 5.07. The molecule has 0 spiro atoms. The van der Waals surface area contributed by atoms with Gasteiger partial charge in [-0.3, -0.25) is 4.79 Å². The number of benzene rings is 2. The zero-order valence-electron chi connectivity index (χ0n) is 15.0. The second-order valence-corrected chi connectivity index (χ2v) is 6.95. The first-order chi connectivity index (χ1) is 13.7. The predicted molar refractivity (Wildman–Crippen MR) is 108 cm³/mol. The minimum absolute atomic E-state index is 0.147. The largest absolute Gasteiger partial charge is 0.463 e. The summed E-state index contributed by atoms with van der Waals surface area (Å²) in [5, 5.41) is 13.2. The molecule has 7 heteroatoms. The normalized spacial score (nSPS) is 12.0. The average Bonchev–Trinajstić information content (AvgIpc) is 3.39. The third kappa shape index (κ3) is 3.89. The Hall–Kier alpha value is -3.58.